The van der Waals surface area contributed by atoms with Crippen LogP contribution in [-0.4, -0.2) is 26.2 Å². The zero-order valence-electron chi connectivity index (χ0n) is 9.90. The number of nitrogens with one attached hydrogen (secondary N) is 1. The summed E-state index contributed by atoms with van der Waals surface area (Å²) in [6.45, 7) is 0. The summed E-state index contributed by atoms with van der Waals surface area (Å²) < 4.78 is 4.70. The molecule has 0 saturated heterocycles. The molecular weight excluding hydrogens is 202 g/mol. The van der Waals surface area contributed by atoms with Crippen LogP contribution < -0.4 is 5.32 Å². The van der Waals surface area contributed by atoms with E-state index in [0.29, 0.717) is 0 Å². The number of ether oxygens (including phenoxy) is 1. The molecular formula is C13H19NO2. The summed E-state index contributed by atoms with van der Waals surface area (Å²) in [4.78, 5) is 11.3. The van der Waals surface area contributed by atoms with Gasteiger partial charge in [-0.3, -0.25) is 4.79 Å². The van der Waals surface area contributed by atoms with Crippen LogP contribution in [0.1, 0.15) is 18.4 Å². The van der Waals surface area contributed by atoms with Gasteiger partial charge in [-0.1, -0.05) is 30.3 Å². The average molecular weight is 221 g/mol. The largest absolute Gasteiger partial charge is 0.468 e. The fraction of sp³-hybridized carbons (Fsp3) is 0.462. The number of carbonyl (C=O) groups is 1. The predicted molar refractivity (Wildman–Crippen MR) is 64.2 cm³/mol. The molecule has 0 fully saturated rings. The SMILES string of the molecule is CNC(CCCc1ccccc1)C(=O)OC. The van der Waals surface area contributed by atoms with E-state index in [0.717, 1.165) is 19.3 Å². The van der Waals surface area contributed by atoms with Gasteiger partial charge in [-0.15, -0.1) is 0 Å². The van der Waals surface area contributed by atoms with Crippen LogP contribution >= 0.6 is 0 Å². The first-order valence-corrected chi connectivity index (χ1v) is 5.57. The summed E-state index contributed by atoms with van der Waals surface area (Å²) in [5.41, 5.74) is 1.31. The minimum absolute atomic E-state index is 0.185. The molecule has 0 heterocycles. The highest BCUT2D eigenvalue weighted by Gasteiger charge is 2.15. The molecule has 0 aliphatic rings. The van der Waals surface area contributed by atoms with Crippen LogP contribution in [0.5, 0.6) is 0 Å². The maximum Gasteiger partial charge on any atom is 0.322 e. The lowest BCUT2D eigenvalue weighted by atomic mass is 10.0. The number of aryl methyl sites for hydroxylation is 1. The van der Waals surface area contributed by atoms with Crippen molar-refractivity contribution < 1.29 is 9.53 Å². The van der Waals surface area contributed by atoms with E-state index >= 15 is 0 Å². The van der Waals surface area contributed by atoms with Crippen molar-refractivity contribution in [3.63, 3.8) is 0 Å². The Morgan fingerprint density at radius 3 is 2.62 bits per heavy atom. The maximum atomic E-state index is 11.3. The quantitative estimate of drug-likeness (QED) is 0.744. The summed E-state index contributed by atoms with van der Waals surface area (Å²) in [5.74, 6) is -0.185. The molecule has 0 saturated carbocycles. The molecule has 1 atom stereocenters. The van der Waals surface area contributed by atoms with Crippen molar-refractivity contribution in [3.05, 3.63) is 35.9 Å². The van der Waals surface area contributed by atoms with Crippen LogP contribution in [0.3, 0.4) is 0 Å². The Morgan fingerprint density at radius 2 is 2.06 bits per heavy atom. The van der Waals surface area contributed by atoms with Gasteiger partial charge in [0.05, 0.1) is 7.11 Å². The monoisotopic (exact) mass is 221 g/mol. The number of hydrogen-bond donors (Lipinski definition) is 1. The number of benzene rings is 1. The van der Waals surface area contributed by atoms with Gasteiger partial charge >= 0.3 is 5.97 Å². The fourth-order valence-corrected chi connectivity index (χ4v) is 1.68. The van der Waals surface area contributed by atoms with Crippen molar-refractivity contribution in [2.24, 2.45) is 0 Å². The van der Waals surface area contributed by atoms with Gasteiger partial charge in [0.1, 0.15) is 6.04 Å². The van der Waals surface area contributed by atoms with Gasteiger partial charge < -0.3 is 10.1 Å². The predicted octanol–water partition coefficient (Wildman–Crippen LogP) is 1.77. The lowest BCUT2D eigenvalue weighted by Gasteiger charge is -2.13. The number of carbonyl (C=O) groups excluding carboxylic acids is 1. The molecule has 3 heteroatoms. The van der Waals surface area contributed by atoms with E-state index in [4.69, 9.17) is 4.74 Å². The molecule has 88 valence electrons. The number of esters is 1. The first-order valence-electron chi connectivity index (χ1n) is 5.57. The second-order valence-electron chi connectivity index (χ2n) is 3.74. The van der Waals surface area contributed by atoms with E-state index in [1.165, 1.54) is 12.7 Å². The lowest BCUT2D eigenvalue weighted by Crippen LogP contribution is -2.34. The van der Waals surface area contributed by atoms with Gasteiger partial charge in [0.15, 0.2) is 0 Å². The van der Waals surface area contributed by atoms with Crippen LogP contribution in [0.4, 0.5) is 0 Å². The van der Waals surface area contributed by atoms with Crippen LogP contribution in [0.15, 0.2) is 30.3 Å². The molecule has 3 nitrogen and oxygen atoms in total. The van der Waals surface area contributed by atoms with E-state index in [1.54, 1.807) is 7.05 Å². The Labute approximate surface area is 96.8 Å². The summed E-state index contributed by atoms with van der Waals surface area (Å²) in [7, 11) is 3.20. The van der Waals surface area contributed by atoms with E-state index in [2.05, 4.69) is 17.4 Å². The molecule has 0 aliphatic carbocycles. The highest BCUT2D eigenvalue weighted by Crippen LogP contribution is 2.07. The molecule has 1 aromatic carbocycles. The van der Waals surface area contributed by atoms with E-state index in [-0.39, 0.29) is 12.0 Å². The van der Waals surface area contributed by atoms with E-state index in [9.17, 15) is 4.79 Å². The van der Waals surface area contributed by atoms with Gasteiger partial charge in [0.2, 0.25) is 0 Å². The van der Waals surface area contributed by atoms with Crippen molar-refractivity contribution in [3.8, 4) is 0 Å². The van der Waals surface area contributed by atoms with Gasteiger partial charge in [0.25, 0.3) is 0 Å². The molecule has 0 amide bonds. The van der Waals surface area contributed by atoms with Crippen molar-refractivity contribution >= 4 is 5.97 Å². The standard InChI is InChI=1S/C13H19NO2/c1-14-12(13(15)16-2)10-6-9-11-7-4-3-5-8-11/h3-5,7-8,12,14H,6,9-10H2,1-2H3. The zero-order chi connectivity index (χ0) is 11.8. The second kappa shape index (κ2) is 7.01. The molecule has 0 aliphatic heterocycles. The Balaban J connectivity index is 2.31. The third-order valence-electron chi connectivity index (χ3n) is 2.64. The van der Waals surface area contributed by atoms with Crippen molar-refractivity contribution in [1.82, 2.24) is 5.32 Å². The summed E-state index contributed by atoms with van der Waals surface area (Å²) in [6, 6.07) is 10.1. The highest BCUT2D eigenvalue weighted by molar-refractivity contribution is 5.75. The highest BCUT2D eigenvalue weighted by atomic mass is 16.5. The minimum atomic E-state index is -0.186. The molecule has 16 heavy (non-hydrogen) atoms. The average Bonchev–Trinajstić information content (AvgIpc) is 2.35. The number of rotatable bonds is 6. The zero-order valence-corrected chi connectivity index (χ0v) is 9.90. The maximum absolute atomic E-state index is 11.3. The van der Waals surface area contributed by atoms with Gasteiger partial charge in [0, 0.05) is 0 Å². The van der Waals surface area contributed by atoms with Crippen molar-refractivity contribution in [2.75, 3.05) is 14.2 Å². The van der Waals surface area contributed by atoms with Gasteiger partial charge in [-0.05, 0) is 31.9 Å². The van der Waals surface area contributed by atoms with Crippen LogP contribution in [0, 0.1) is 0 Å². The third kappa shape index (κ3) is 4.03. The normalized spacial score (nSPS) is 12.1. The molecule has 1 unspecified atom stereocenters. The summed E-state index contributed by atoms with van der Waals surface area (Å²) in [5, 5.41) is 2.96. The molecule has 0 spiro atoms. The van der Waals surface area contributed by atoms with Crippen LogP contribution in [0.25, 0.3) is 0 Å². The minimum Gasteiger partial charge on any atom is -0.468 e. The van der Waals surface area contributed by atoms with Crippen LogP contribution in [0.2, 0.25) is 0 Å². The fourth-order valence-electron chi connectivity index (χ4n) is 1.68. The first kappa shape index (κ1) is 12.7. The smallest absolute Gasteiger partial charge is 0.322 e. The Hall–Kier alpha value is -1.35. The molecule has 0 radical (unpaired) electrons. The Bertz CT molecular complexity index is 311. The molecule has 0 aromatic heterocycles. The second-order valence-corrected chi connectivity index (χ2v) is 3.74. The first-order chi connectivity index (χ1) is 7.77. The third-order valence-corrected chi connectivity index (χ3v) is 2.64. The van der Waals surface area contributed by atoms with Crippen molar-refractivity contribution in [1.29, 1.82) is 0 Å². The summed E-state index contributed by atoms with van der Waals surface area (Å²) >= 11 is 0. The Morgan fingerprint density at radius 1 is 1.38 bits per heavy atom. The lowest BCUT2D eigenvalue weighted by molar-refractivity contribution is -0.143. The van der Waals surface area contributed by atoms with Crippen LogP contribution in [-0.2, 0) is 16.0 Å². The molecule has 1 rings (SSSR count). The van der Waals surface area contributed by atoms with Crippen molar-refractivity contribution in [2.45, 2.75) is 25.3 Å². The van der Waals surface area contributed by atoms with E-state index < -0.39 is 0 Å². The summed E-state index contributed by atoms with van der Waals surface area (Å²) in [6.07, 6.45) is 2.78. The number of likely N-dealkylation sites (N-methyl/N-ethyl adjacent to an activating group) is 1. The number of hydrogen-bond acceptors (Lipinski definition) is 3. The number of methoxy groups -OCH3 is 1. The molecule has 1 aromatic rings. The topological polar surface area (TPSA) is 38.3 Å². The van der Waals surface area contributed by atoms with Gasteiger partial charge in [-0.25, -0.2) is 0 Å². The molecule has 0 bridgehead atoms. The van der Waals surface area contributed by atoms with Gasteiger partial charge in [-0.2, -0.15) is 0 Å². The molecule has 1 N–H and O–H groups in total. The van der Waals surface area contributed by atoms with E-state index in [1.807, 2.05) is 18.2 Å². The Kier molecular flexibility index (Phi) is 5.57.